The normalized spacial score (nSPS) is 11.6. The molecule has 0 saturated heterocycles. The molecule has 3 heteroatoms. The van der Waals surface area contributed by atoms with E-state index in [0.29, 0.717) is 0 Å². The van der Waals surface area contributed by atoms with Crippen LogP contribution in [0.2, 0.25) is 0 Å². The molecule has 0 aliphatic heterocycles. The Labute approximate surface area is 178 Å². The standard InChI is InChI=1S/C24H52NO.ClH/c1-5-7-9-10-11-12-13-14-15-16-17-18-19-20-21-25(3,4)22-24-26-23-8-6-2;/h5-24H2,1-4H3;1H/q+1;/p-1. The molecule has 0 aromatic rings. The van der Waals surface area contributed by atoms with Crippen LogP contribution in [0, 0.1) is 0 Å². The number of hydrogen-bond donors (Lipinski definition) is 0. The van der Waals surface area contributed by atoms with Gasteiger partial charge in [-0.2, -0.15) is 0 Å². The second kappa shape index (κ2) is 22.5. The molecule has 0 amide bonds. The van der Waals surface area contributed by atoms with E-state index in [-0.39, 0.29) is 12.4 Å². The molecular weight excluding hydrogens is 354 g/mol. The summed E-state index contributed by atoms with van der Waals surface area (Å²) in [5, 5.41) is 0. The van der Waals surface area contributed by atoms with Crippen molar-refractivity contribution in [2.24, 2.45) is 0 Å². The predicted octanol–water partition coefficient (Wildman–Crippen LogP) is 4.36. The monoisotopic (exact) mass is 405 g/mol. The third-order valence-corrected chi connectivity index (χ3v) is 5.60. The fourth-order valence-corrected chi connectivity index (χ4v) is 3.51. The first kappa shape index (κ1) is 29.4. The Kier molecular flexibility index (Phi) is 24.5. The fraction of sp³-hybridized carbons (Fsp3) is 1.00. The van der Waals surface area contributed by atoms with Gasteiger partial charge in [0.1, 0.15) is 6.54 Å². The van der Waals surface area contributed by atoms with Crippen LogP contribution in [0.3, 0.4) is 0 Å². The maximum Gasteiger partial charge on any atom is 0.102 e. The van der Waals surface area contributed by atoms with Crippen molar-refractivity contribution in [1.82, 2.24) is 0 Å². The summed E-state index contributed by atoms with van der Waals surface area (Å²) < 4.78 is 6.83. The maximum atomic E-state index is 5.72. The zero-order chi connectivity index (χ0) is 19.3. The Balaban J connectivity index is 0. The molecule has 0 rings (SSSR count). The van der Waals surface area contributed by atoms with E-state index in [4.69, 9.17) is 4.74 Å². The lowest BCUT2D eigenvalue weighted by atomic mass is 10.0. The molecule has 0 aromatic heterocycles. The van der Waals surface area contributed by atoms with E-state index < -0.39 is 0 Å². The highest BCUT2D eigenvalue weighted by atomic mass is 35.5. The summed E-state index contributed by atoms with van der Waals surface area (Å²) in [6, 6.07) is 0. The summed E-state index contributed by atoms with van der Waals surface area (Å²) in [5.41, 5.74) is 0. The van der Waals surface area contributed by atoms with Crippen molar-refractivity contribution in [3.63, 3.8) is 0 Å². The summed E-state index contributed by atoms with van der Waals surface area (Å²) in [6.07, 6.45) is 22.6. The Hall–Kier alpha value is 0.210. The molecule has 0 aliphatic rings. The molecule has 166 valence electrons. The molecular formula is C24H52ClNO. The summed E-state index contributed by atoms with van der Waals surface area (Å²) in [7, 11) is 4.71. The Morgan fingerprint density at radius 3 is 1.33 bits per heavy atom. The Morgan fingerprint density at radius 2 is 0.889 bits per heavy atom. The first-order valence-corrected chi connectivity index (χ1v) is 12.0. The van der Waals surface area contributed by atoms with Gasteiger partial charge in [0, 0.05) is 6.61 Å². The second-order valence-electron chi connectivity index (χ2n) is 8.95. The van der Waals surface area contributed by atoms with E-state index in [1.807, 2.05) is 0 Å². The van der Waals surface area contributed by atoms with Gasteiger partial charge in [0.2, 0.25) is 0 Å². The van der Waals surface area contributed by atoms with Gasteiger partial charge in [-0.15, -0.1) is 0 Å². The van der Waals surface area contributed by atoms with Gasteiger partial charge in [-0.25, -0.2) is 0 Å². The van der Waals surface area contributed by atoms with Crippen LogP contribution in [0.25, 0.3) is 0 Å². The second-order valence-corrected chi connectivity index (χ2v) is 8.95. The smallest absolute Gasteiger partial charge is 0.102 e. The minimum atomic E-state index is 0. The summed E-state index contributed by atoms with van der Waals surface area (Å²) in [5.74, 6) is 0. The fourth-order valence-electron chi connectivity index (χ4n) is 3.51. The molecule has 0 unspecified atom stereocenters. The number of quaternary nitrogens is 1. The molecule has 0 N–H and O–H groups in total. The average molecular weight is 406 g/mol. The molecule has 0 fully saturated rings. The highest BCUT2D eigenvalue weighted by Crippen LogP contribution is 2.13. The number of nitrogens with zero attached hydrogens (tertiary/aromatic N) is 1. The van der Waals surface area contributed by atoms with Gasteiger partial charge in [0.25, 0.3) is 0 Å². The van der Waals surface area contributed by atoms with E-state index >= 15 is 0 Å². The lowest BCUT2D eigenvalue weighted by Crippen LogP contribution is -3.00. The summed E-state index contributed by atoms with van der Waals surface area (Å²) >= 11 is 0. The van der Waals surface area contributed by atoms with Crippen LogP contribution in [0.4, 0.5) is 0 Å². The lowest BCUT2D eigenvalue weighted by molar-refractivity contribution is -0.891. The van der Waals surface area contributed by atoms with Crippen molar-refractivity contribution in [2.75, 3.05) is 40.4 Å². The van der Waals surface area contributed by atoms with Crippen molar-refractivity contribution in [3.8, 4) is 0 Å². The Morgan fingerprint density at radius 1 is 0.481 bits per heavy atom. The molecule has 27 heavy (non-hydrogen) atoms. The van der Waals surface area contributed by atoms with Gasteiger partial charge < -0.3 is 21.6 Å². The average Bonchev–Trinajstić information content (AvgIpc) is 2.61. The molecule has 2 nitrogen and oxygen atoms in total. The van der Waals surface area contributed by atoms with Crippen LogP contribution in [0.15, 0.2) is 0 Å². The Bertz CT molecular complexity index is 271. The lowest BCUT2D eigenvalue weighted by Gasteiger charge is -2.29. The maximum absolute atomic E-state index is 5.72. The number of rotatable bonds is 21. The predicted molar refractivity (Wildman–Crippen MR) is 118 cm³/mol. The van der Waals surface area contributed by atoms with Gasteiger partial charge in [0.05, 0.1) is 27.2 Å². The van der Waals surface area contributed by atoms with Crippen LogP contribution in [-0.4, -0.2) is 44.9 Å². The van der Waals surface area contributed by atoms with E-state index in [9.17, 15) is 0 Å². The van der Waals surface area contributed by atoms with Crippen LogP contribution in [0.1, 0.15) is 117 Å². The van der Waals surface area contributed by atoms with Crippen molar-refractivity contribution >= 4 is 0 Å². The quantitative estimate of drug-likeness (QED) is 0.203. The molecule has 0 heterocycles. The molecule has 0 aromatic carbocycles. The van der Waals surface area contributed by atoms with Gasteiger partial charge in [-0.1, -0.05) is 97.3 Å². The van der Waals surface area contributed by atoms with Crippen LogP contribution >= 0.6 is 0 Å². The topological polar surface area (TPSA) is 9.23 Å². The molecule has 0 atom stereocenters. The third-order valence-electron chi connectivity index (χ3n) is 5.60. The number of hydrogen-bond acceptors (Lipinski definition) is 1. The molecule has 0 bridgehead atoms. The van der Waals surface area contributed by atoms with E-state index in [0.717, 1.165) is 24.2 Å². The van der Waals surface area contributed by atoms with Crippen molar-refractivity contribution in [2.45, 2.75) is 117 Å². The highest BCUT2D eigenvalue weighted by molar-refractivity contribution is 4.49. The van der Waals surface area contributed by atoms with Crippen LogP contribution < -0.4 is 12.4 Å². The number of ether oxygens (including phenoxy) is 1. The number of likely N-dealkylation sites (N-methyl/N-ethyl adjacent to an activating group) is 1. The first-order chi connectivity index (χ1) is 12.6. The van der Waals surface area contributed by atoms with Crippen molar-refractivity contribution in [3.05, 3.63) is 0 Å². The molecule has 0 radical (unpaired) electrons. The van der Waals surface area contributed by atoms with Crippen molar-refractivity contribution in [1.29, 1.82) is 0 Å². The molecule has 0 saturated carbocycles. The van der Waals surface area contributed by atoms with Crippen LogP contribution in [-0.2, 0) is 4.74 Å². The number of unbranched alkanes of at least 4 members (excludes halogenated alkanes) is 14. The zero-order valence-electron chi connectivity index (χ0n) is 19.4. The number of halogens is 1. The molecule has 0 spiro atoms. The van der Waals surface area contributed by atoms with E-state index in [1.54, 1.807) is 0 Å². The first-order valence-electron chi connectivity index (χ1n) is 12.0. The van der Waals surface area contributed by atoms with Crippen molar-refractivity contribution < 1.29 is 21.6 Å². The molecule has 0 aliphatic carbocycles. The highest BCUT2D eigenvalue weighted by Gasteiger charge is 2.13. The van der Waals surface area contributed by atoms with Crippen LogP contribution in [0.5, 0.6) is 0 Å². The van der Waals surface area contributed by atoms with Gasteiger partial charge >= 0.3 is 0 Å². The van der Waals surface area contributed by atoms with E-state index in [1.165, 1.54) is 109 Å². The summed E-state index contributed by atoms with van der Waals surface area (Å²) in [6.45, 7) is 8.84. The van der Waals surface area contributed by atoms with Gasteiger partial charge in [-0.05, 0) is 19.3 Å². The van der Waals surface area contributed by atoms with E-state index in [2.05, 4.69) is 27.9 Å². The SMILES string of the molecule is CCCCCCCCCCCCCCCC[N+](C)(C)CCOCCCC.[Cl-]. The minimum Gasteiger partial charge on any atom is -1.00 e. The van der Waals surface area contributed by atoms with Gasteiger partial charge in [-0.3, -0.25) is 0 Å². The zero-order valence-corrected chi connectivity index (χ0v) is 20.1. The minimum absolute atomic E-state index is 0. The largest absolute Gasteiger partial charge is 1.00 e. The summed E-state index contributed by atoms with van der Waals surface area (Å²) in [4.78, 5) is 0. The third kappa shape index (κ3) is 24.2. The van der Waals surface area contributed by atoms with Gasteiger partial charge in [0.15, 0.2) is 0 Å².